The van der Waals surface area contributed by atoms with E-state index in [9.17, 15) is 8.42 Å². The number of hydrogen-bond acceptors (Lipinski definition) is 4. The van der Waals surface area contributed by atoms with Crippen molar-refractivity contribution in [2.45, 2.75) is 17.9 Å². The van der Waals surface area contributed by atoms with Gasteiger partial charge in [-0.3, -0.25) is 0 Å². The zero-order valence-electron chi connectivity index (χ0n) is 10.7. The maximum absolute atomic E-state index is 12.3. The summed E-state index contributed by atoms with van der Waals surface area (Å²) in [5.74, 6) is 0. The zero-order chi connectivity index (χ0) is 14.8. The van der Waals surface area contributed by atoms with Crippen molar-refractivity contribution in [1.82, 2.24) is 4.72 Å². The van der Waals surface area contributed by atoms with Crippen LogP contribution in [-0.4, -0.2) is 13.4 Å². The molecule has 0 aliphatic carbocycles. The number of hydrogen-bond donors (Lipinski definition) is 2. The summed E-state index contributed by atoms with van der Waals surface area (Å²) in [4.78, 5) is 0.331. The molecular weight excluding hydrogens is 312 g/mol. The highest BCUT2D eigenvalue weighted by atomic mass is 32.2. The number of rotatable bonds is 5. The molecule has 0 amide bonds. The molecule has 1 unspecified atom stereocenters. The standard InChI is InChI=1S/C13H14N2O2S3/c1-9(11-5-6-19-8-11)15-20(16,17)12-4-2-3-10(7-12)13(14)18/h2-9,15H,1H3,(H2,14,18). The third kappa shape index (κ3) is 3.43. The summed E-state index contributed by atoms with van der Waals surface area (Å²) in [6.07, 6.45) is 0. The second-order valence-corrected chi connectivity index (χ2v) is 7.23. The van der Waals surface area contributed by atoms with E-state index in [-0.39, 0.29) is 15.9 Å². The van der Waals surface area contributed by atoms with Gasteiger partial charge in [-0.2, -0.15) is 11.3 Å². The molecule has 0 saturated carbocycles. The topological polar surface area (TPSA) is 72.2 Å². The van der Waals surface area contributed by atoms with E-state index in [1.54, 1.807) is 19.1 Å². The average Bonchev–Trinajstić information content (AvgIpc) is 2.92. The van der Waals surface area contributed by atoms with Crippen LogP contribution in [0.2, 0.25) is 0 Å². The molecule has 2 rings (SSSR count). The van der Waals surface area contributed by atoms with E-state index >= 15 is 0 Å². The minimum atomic E-state index is -3.60. The Hall–Kier alpha value is -1.28. The Morgan fingerprint density at radius 2 is 2.15 bits per heavy atom. The van der Waals surface area contributed by atoms with Gasteiger partial charge in [0.05, 0.1) is 4.90 Å². The van der Waals surface area contributed by atoms with Crippen LogP contribution in [0.4, 0.5) is 0 Å². The van der Waals surface area contributed by atoms with Crippen molar-refractivity contribution in [3.05, 3.63) is 52.2 Å². The Kier molecular flexibility index (Phi) is 4.54. The Balaban J connectivity index is 2.26. The molecule has 0 fully saturated rings. The largest absolute Gasteiger partial charge is 0.389 e. The quantitative estimate of drug-likeness (QED) is 0.828. The average molecular weight is 326 g/mol. The maximum atomic E-state index is 12.3. The van der Waals surface area contributed by atoms with Crippen molar-refractivity contribution in [1.29, 1.82) is 0 Å². The molecule has 0 saturated heterocycles. The zero-order valence-corrected chi connectivity index (χ0v) is 13.2. The highest BCUT2D eigenvalue weighted by Gasteiger charge is 2.19. The Morgan fingerprint density at radius 3 is 2.75 bits per heavy atom. The number of nitrogens with one attached hydrogen (secondary N) is 1. The van der Waals surface area contributed by atoms with Gasteiger partial charge >= 0.3 is 0 Å². The highest BCUT2D eigenvalue weighted by Crippen LogP contribution is 2.19. The van der Waals surface area contributed by atoms with Gasteiger partial charge in [0.2, 0.25) is 10.0 Å². The monoisotopic (exact) mass is 326 g/mol. The summed E-state index contributed by atoms with van der Waals surface area (Å²) in [5, 5.41) is 3.83. The number of sulfonamides is 1. The summed E-state index contributed by atoms with van der Waals surface area (Å²) in [7, 11) is -3.60. The summed E-state index contributed by atoms with van der Waals surface area (Å²) >= 11 is 6.39. The third-order valence-corrected chi connectivity index (χ3v) is 5.28. The molecule has 2 aromatic rings. The Morgan fingerprint density at radius 1 is 1.40 bits per heavy atom. The first-order chi connectivity index (χ1) is 9.40. The number of nitrogens with two attached hydrogens (primary N) is 1. The van der Waals surface area contributed by atoms with Crippen LogP contribution < -0.4 is 10.5 Å². The fraction of sp³-hybridized carbons (Fsp3) is 0.154. The Labute approximate surface area is 127 Å². The second kappa shape index (κ2) is 6.01. The van der Waals surface area contributed by atoms with Crippen LogP contribution in [0.15, 0.2) is 46.0 Å². The molecule has 0 aliphatic heterocycles. The van der Waals surface area contributed by atoms with Crippen LogP contribution >= 0.6 is 23.6 Å². The Bertz CT molecular complexity index is 709. The highest BCUT2D eigenvalue weighted by molar-refractivity contribution is 7.89. The number of thiocarbonyl (C=S) groups is 1. The molecule has 1 heterocycles. The molecule has 0 spiro atoms. The van der Waals surface area contributed by atoms with Crippen molar-refractivity contribution in [3.8, 4) is 0 Å². The van der Waals surface area contributed by atoms with Crippen LogP contribution in [-0.2, 0) is 10.0 Å². The molecule has 4 nitrogen and oxygen atoms in total. The van der Waals surface area contributed by atoms with E-state index in [1.165, 1.54) is 23.5 Å². The molecule has 1 aromatic carbocycles. The molecule has 7 heteroatoms. The van der Waals surface area contributed by atoms with Crippen molar-refractivity contribution in [2.24, 2.45) is 5.73 Å². The van der Waals surface area contributed by atoms with E-state index in [2.05, 4.69) is 4.72 Å². The van der Waals surface area contributed by atoms with E-state index in [4.69, 9.17) is 18.0 Å². The fourth-order valence-electron chi connectivity index (χ4n) is 1.71. The van der Waals surface area contributed by atoms with Gasteiger partial charge in [0.25, 0.3) is 0 Å². The van der Waals surface area contributed by atoms with Gasteiger partial charge in [-0.15, -0.1) is 0 Å². The van der Waals surface area contributed by atoms with E-state index in [0.717, 1.165) is 5.56 Å². The molecule has 0 radical (unpaired) electrons. The predicted octanol–water partition coefficient (Wildman–Crippen LogP) is 2.42. The molecule has 1 atom stereocenters. The minimum Gasteiger partial charge on any atom is -0.389 e. The fourth-order valence-corrected chi connectivity index (χ4v) is 3.87. The van der Waals surface area contributed by atoms with Gasteiger partial charge in [0.15, 0.2) is 0 Å². The predicted molar refractivity (Wildman–Crippen MR) is 85.4 cm³/mol. The van der Waals surface area contributed by atoms with Crippen LogP contribution in [0.3, 0.4) is 0 Å². The van der Waals surface area contributed by atoms with Crippen molar-refractivity contribution < 1.29 is 8.42 Å². The SMILES string of the molecule is CC(NS(=O)(=O)c1cccc(C(N)=S)c1)c1ccsc1. The first kappa shape index (κ1) is 15.1. The van der Waals surface area contributed by atoms with Gasteiger partial charge in [0.1, 0.15) is 4.99 Å². The first-order valence-corrected chi connectivity index (χ1v) is 8.68. The van der Waals surface area contributed by atoms with Crippen molar-refractivity contribution in [3.63, 3.8) is 0 Å². The van der Waals surface area contributed by atoms with Crippen LogP contribution in [0, 0.1) is 0 Å². The van der Waals surface area contributed by atoms with Crippen molar-refractivity contribution in [2.75, 3.05) is 0 Å². The van der Waals surface area contributed by atoms with Gasteiger partial charge in [-0.05, 0) is 41.4 Å². The number of thiophene rings is 1. The third-order valence-electron chi connectivity index (χ3n) is 2.80. The second-order valence-electron chi connectivity index (χ2n) is 4.29. The summed E-state index contributed by atoms with van der Waals surface area (Å²) < 4.78 is 27.3. The molecule has 0 aliphatic rings. The lowest BCUT2D eigenvalue weighted by molar-refractivity contribution is 0.567. The number of benzene rings is 1. The van der Waals surface area contributed by atoms with Gasteiger partial charge in [-0.25, -0.2) is 13.1 Å². The summed E-state index contributed by atoms with van der Waals surface area (Å²) in [6.45, 7) is 1.80. The maximum Gasteiger partial charge on any atom is 0.241 e. The molecule has 1 aromatic heterocycles. The van der Waals surface area contributed by atoms with E-state index < -0.39 is 10.0 Å². The lowest BCUT2D eigenvalue weighted by Crippen LogP contribution is -2.27. The van der Waals surface area contributed by atoms with Gasteiger partial charge in [-0.1, -0.05) is 24.4 Å². The lowest BCUT2D eigenvalue weighted by atomic mass is 10.2. The molecule has 106 valence electrons. The minimum absolute atomic E-state index is 0.157. The van der Waals surface area contributed by atoms with Gasteiger partial charge in [0, 0.05) is 11.6 Å². The lowest BCUT2D eigenvalue weighted by Gasteiger charge is -2.13. The van der Waals surface area contributed by atoms with Crippen molar-refractivity contribution >= 4 is 38.6 Å². The summed E-state index contributed by atoms with van der Waals surface area (Å²) in [5.41, 5.74) is 6.99. The molecular formula is C13H14N2O2S3. The van der Waals surface area contributed by atoms with Crippen LogP contribution in [0.25, 0.3) is 0 Å². The van der Waals surface area contributed by atoms with Crippen LogP contribution in [0.5, 0.6) is 0 Å². The van der Waals surface area contributed by atoms with Crippen LogP contribution in [0.1, 0.15) is 24.1 Å². The normalized spacial score (nSPS) is 13.1. The molecule has 0 bridgehead atoms. The van der Waals surface area contributed by atoms with Gasteiger partial charge < -0.3 is 5.73 Å². The molecule has 20 heavy (non-hydrogen) atoms. The first-order valence-electron chi connectivity index (χ1n) is 5.84. The smallest absolute Gasteiger partial charge is 0.241 e. The van der Waals surface area contributed by atoms with E-state index in [0.29, 0.717) is 5.56 Å². The molecule has 3 N–H and O–H groups in total. The van der Waals surface area contributed by atoms with E-state index in [1.807, 2.05) is 16.8 Å². The summed E-state index contributed by atoms with van der Waals surface area (Å²) in [6, 6.07) is 7.90.